The Labute approximate surface area is 201 Å². The first-order valence-electron chi connectivity index (χ1n) is 12.1. The molecular weight excluding hydrogens is 432 g/mol. The van der Waals surface area contributed by atoms with Gasteiger partial charge in [-0.2, -0.15) is 0 Å². The summed E-state index contributed by atoms with van der Waals surface area (Å²) >= 11 is 0. The van der Waals surface area contributed by atoms with Crippen LogP contribution in [0.1, 0.15) is 68.4 Å². The number of aliphatic hydroxyl groups is 1. The second-order valence-corrected chi connectivity index (χ2v) is 10.7. The molecule has 1 unspecified atom stereocenters. The summed E-state index contributed by atoms with van der Waals surface area (Å²) < 4.78 is 10.7. The summed E-state index contributed by atoms with van der Waals surface area (Å²) in [5.41, 5.74) is 4.49. The molecule has 5 rings (SSSR count). The molecule has 7 heteroatoms. The van der Waals surface area contributed by atoms with Gasteiger partial charge in [0.1, 0.15) is 19.0 Å². The van der Waals surface area contributed by atoms with E-state index in [4.69, 9.17) is 9.47 Å². The number of amides is 1. The molecule has 0 saturated carbocycles. The van der Waals surface area contributed by atoms with Gasteiger partial charge in [0.2, 0.25) is 5.91 Å². The Morgan fingerprint density at radius 3 is 2.38 bits per heavy atom. The van der Waals surface area contributed by atoms with Gasteiger partial charge in [-0.3, -0.25) is 9.69 Å². The van der Waals surface area contributed by atoms with Crippen LogP contribution in [-0.2, 0) is 25.7 Å². The summed E-state index contributed by atoms with van der Waals surface area (Å²) in [5.74, 6) is 0.481. The van der Waals surface area contributed by atoms with Gasteiger partial charge < -0.3 is 19.5 Å². The molecule has 4 heterocycles. The van der Waals surface area contributed by atoms with E-state index in [-0.39, 0.29) is 18.5 Å². The Morgan fingerprint density at radius 1 is 1.06 bits per heavy atom. The number of aliphatic hydroxyl groups excluding tert-OH is 1. The summed E-state index contributed by atoms with van der Waals surface area (Å²) in [5, 5.41) is 11.5. The Bertz CT molecular complexity index is 1110. The average Bonchev–Trinajstić information content (AvgIpc) is 3.46. The van der Waals surface area contributed by atoms with Crippen LogP contribution in [0.15, 0.2) is 30.0 Å². The lowest BCUT2D eigenvalue weighted by molar-refractivity contribution is -0.139. The molecule has 1 N–H and O–H groups in total. The van der Waals surface area contributed by atoms with Gasteiger partial charge in [-0.05, 0) is 71.2 Å². The number of hydrogen-bond acceptors (Lipinski definition) is 6. The minimum atomic E-state index is -0.675. The first-order valence-corrected chi connectivity index (χ1v) is 12.1. The molecule has 0 radical (unpaired) electrons. The number of piperidine rings is 1. The van der Waals surface area contributed by atoms with Gasteiger partial charge in [0.25, 0.3) is 0 Å². The Balaban J connectivity index is 1.31. The zero-order valence-electron chi connectivity index (χ0n) is 20.6. The minimum Gasteiger partial charge on any atom is -0.489 e. The number of cyclic esters (lactones) is 1. The van der Waals surface area contributed by atoms with E-state index in [0.29, 0.717) is 24.5 Å². The number of fused-ring (bicyclic) bond motifs is 1. The first kappa shape index (κ1) is 23.1. The SMILES string of the molecule is C=C1OCc2c1ccc(C(O)C(C)(C)N1CCC3(CCN(C4=C(C)C(=O)OC4)C3=O)CC1)c2C. The smallest absolute Gasteiger partial charge is 0.336 e. The number of rotatable bonds is 4. The Hall–Kier alpha value is -2.64. The molecule has 0 bridgehead atoms. The number of esters is 1. The van der Waals surface area contributed by atoms with Crippen molar-refractivity contribution >= 4 is 17.6 Å². The van der Waals surface area contributed by atoms with Crippen LogP contribution in [0.4, 0.5) is 0 Å². The van der Waals surface area contributed by atoms with Crippen molar-refractivity contribution in [1.29, 1.82) is 0 Å². The molecule has 1 atom stereocenters. The first-order chi connectivity index (χ1) is 16.1. The largest absolute Gasteiger partial charge is 0.489 e. The van der Waals surface area contributed by atoms with E-state index in [2.05, 4.69) is 25.3 Å². The third kappa shape index (κ3) is 3.32. The van der Waals surface area contributed by atoms with Gasteiger partial charge in [0, 0.05) is 23.2 Å². The summed E-state index contributed by atoms with van der Waals surface area (Å²) in [4.78, 5) is 29.3. The third-order valence-electron chi connectivity index (χ3n) is 8.75. The van der Waals surface area contributed by atoms with Crippen LogP contribution < -0.4 is 0 Å². The molecule has 182 valence electrons. The number of likely N-dealkylation sites (tertiary alicyclic amines) is 2. The van der Waals surface area contributed by atoms with Crippen LogP contribution >= 0.6 is 0 Å². The van der Waals surface area contributed by atoms with E-state index in [1.54, 1.807) is 11.8 Å². The highest BCUT2D eigenvalue weighted by molar-refractivity contribution is 5.94. The van der Waals surface area contributed by atoms with E-state index < -0.39 is 17.1 Å². The zero-order valence-corrected chi connectivity index (χ0v) is 20.6. The second kappa shape index (κ2) is 7.95. The van der Waals surface area contributed by atoms with Crippen molar-refractivity contribution in [2.45, 2.75) is 65.2 Å². The van der Waals surface area contributed by atoms with E-state index in [1.165, 1.54) is 0 Å². The molecule has 34 heavy (non-hydrogen) atoms. The number of ether oxygens (including phenoxy) is 2. The van der Waals surface area contributed by atoms with Crippen molar-refractivity contribution in [2.75, 3.05) is 26.2 Å². The minimum absolute atomic E-state index is 0.118. The monoisotopic (exact) mass is 466 g/mol. The molecule has 0 aromatic heterocycles. The molecule has 1 aromatic rings. The third-order valence-corrected chi connectivity index (χ3v) is 8.75. The van der Waals surface area contributed by atoms with Gasteiger partial charge in [0.15, 0.2) is 0 Å². The van der Waals surface area contributed by atoms with Crippen molar-refractivity contribution in [2.24, 2.45) is 5.41 Å². The highest BCUT2D eigenvalue weighted by atomic mass is 16.5. The number of carbonyl (C=O) groups excluding carboxylic acids is 2. The lowest BCUT2D eigenvalue weighted by Gasteiger charge is -2.48. The topological polar surface area (TPSA) is 79.3 Å². The van der Waals surface area contributed by atoms with Gasteiger partial charge >= 0.3 is 5.97 Å². The Kier molecular flexibility index (Phi) is 5.41. The predicted molar refractivity (Wildman–Crippen MR) is 127 cm³/mol. The highest BCUT2D eigenvalue weighted by Gasteiger charge is 2.52. The predicted octanol–water partition coefficient (Wildman–Crippen LogP) is 3.45. The Morgan fingerprint density at radius 2 is 1.74 bits per heavy atom. The van der Waals surface area contributed by atoms with Gasteiger partial charge in [-0.25, -0.2) is 4.79 Å². The van der Waals surface area contributed by atoms with Crippen LogP contribution in [0, 0.1) is 12.3 Å². The summed E-state index contributed by atoms with van der Waals surface area (Å²) in [6.07, 6.45) is 1.61. The molecule has 4 aliphatic rings. The molecule has 2 saturated heterocycles. The molecule has 1 amide bonds. The van der Waals surface area contributed by atoms with Crippen molar-refractivity contribution in [3.63, 3.8) is 0 Å². The van der Waals surface area contributed by atoms with Crippen molar-refractivity contribution in [3.8, 4) is 0 Å². The maximum Gasteiger partial charge on any atom is 0.336 e. The lowest BCUT2D eigenvalue weighted by atomic mass is 9.75. The second-order valence-electron chi connectivity index (χ2n) is 10.7. The number of carbonyl (C=O) groups is 2. The number of benzene rings is 1. The highest BCUT2D eigenvalue weighted by Crippen LogP contribution is 2.46. The van der Waals surface area contributed by atoms with E-state index in [9.17, 15) is 14.7 Å². The van der Waals surface area contributed by atoms with Crippen LogP contribution in [-0.4, -0.2) is 58.6 Å². The van der Waals surface area contributed by atoms with Gasteiger partial charge in [-0.15, -0.1) is 0 Å². The maximum atomic E-state index is 13.5. The normalized spacial score (nSPS) is 23.6. The summed E-state index contributed by atoms with van der Waals surface area (Å²) in [7, 11) is 0. The van der Waals surface area contributed by atoms with Crippen molar-refractivity contribution in [1.82, 2.24) is 9.80 Å². The standard InChI is InChI=1S/C27H34N2O5/c1-16-19(6-7-20-18(3)33-14-21(16)20)23(30)26(4,5)28-11-8-27(9-12-28)10-13-29(25(27)32)22-15-34-24(31)17(22)2/h6-7,23,30H,3,8-15H2,1-2,4-5H3. The van der Waals surface area contributed by atoms with E-state index in [0.717, 1.165) is 60.3 Å². The van der Waals surface area contributed by atoms with Gasteiger partial charge in [-0.1, -0.05) is 18.7 Å². The fraction of sp³-hybridized carbons (Fsp3) is 0.556. The average molecular weight is 467 g/mol. The molecule has 0 aliphatic carbocycles. The van der Waals surface area contributed by atoms with Crippen LogP contribution in [0.5, 0.6) is 0 Å². The fourth-order valence-electron chi connectivity index (χ4n) is 6.11. The van der Waals surface area contributed by atoms with Crippen LogP contribution in [0.2, 0.25) is 0 Å². The van der Waals surface area contributed by atoms with Crippen LogP contribution in [0.25, 0.3) is 5.76 Å². The van der Waals surface area contributed by atoms with Crippen LogP contribution in [0.3, 0.4) is 0 Å². The summed E-state index contributed by atoms with van der Waals surface area (Å²) in [6.45, 7) is 14.7. The summed E-state index contributed by atoms with van der Waals surface area (Å²) in [6, 6.07) is 3.99. The molecular formula is C27H34N2O5. The fourth-order valence-corrected chi connectivity index (χ4v) is 6.11. The van der Waals surface area contributed by atoms with Crippen molar-refractivity contribution in [3.05, 3.63) is 52.2 Å². The maximum absolute atomic E-state index is 13.5. The molecule has 2 fully saturated rings. The molecule has 1 spiro atoms. The molecule has 4 aliphatic heterocycles. The van der Waals surface area contributed by atoms with E-state index in [1.807, 2.05) is 19.1 Å². The van der Waals surface area contributed by atoms with E-state index >= 15 is 0 Å². The number of nitrogens with zero attached hydrogens (tertiary/aromatic N) is 2. The van der Waals surface area contributed by atoms with Crippen molar-refractivity contribution < 1.29 is 24.2 Å². The number of hydrogen-bond donors (Lipinski definition) is 1. The molecule has 7 nitrogen and oxygen atoms in total. The molecule has 1 aromatic carbocycles. The quantitative estimate of drug-likeness (QED) is 0.685. The lowest BCUT2D eigenvalue weighted by Crippen LogP contribution is -2.54. The van der Waals surface area contributed by atoms with Gasteiger partial charge in [0.05, 0.1) is 22.8 Å². The zero-order chi connectivity index (χ0) is 24.4.